The summed E-state index contributed by atoms with van der Waals surface area (Å²) in [4.78, 5) is 14.2. The molecule has 1 saturated heterocycles. The Bertz CT molecular complexity index is 1160. The lowest BCUT2D eigenvalue weighted by molar-refractivity contribution is -0.137. The van der Waals surface area contributed by atoms with E-state index in [1.807, 2.05) is 43.5 Å². The molecule has 0 spiro atoms. The average Bonchev–Trinajstić information content (AvgIpc) is 3.18. The number of rotatable bonds is 2. The maximum atomic E-state index is 13.3. The summed E-state index contributed by atoms with van der Waals surface area (Å²) < 4.78 is 40.7. The zero-order chi connectivity index (χ0) is 21.7. The lowest BCUT2D eigenvalue weighted by atomic mass is 9.84. The van der Waals surface area contributed by atoms with E-state index in [0.717, 1.165) is 27.3 Å². The van der Waals surface area contributed by atoms with Gasteiger partial charge in [0, 0.05) is 11.7 Å². The molecule has 0 unspecified atom stereocenters. The number of thiophene rings is 1. The molecule has 156 valence electrons. The minimum Gasteiger partial charge on any atom is -0.362 e. The number of benzene rings is 2. The smallest absolute Gasteiger partial charge is 0.362 e. The van der Waals surface area contributed by atoms with Gasteiger partial charge >= 0.3 is 6.18 Å². The van der Waals surface area contributed by atoms with Crippen molar-refractivity contribution in [2.24, 2.45) is 0 Å². The van der Waals surface area contributed by atoms with Crippen molar-refractivity contribution in [3.63, 3.8) is 0 Å². The molecule has 1 N–H and O–H groups in total. The van der Waals surface area contributed by atoms with E-state index in [1.165, 1.54) is 23.5 Å². The summed E-state index contributed by atoms with van der Waals surface area (Å²) >= 11 is 1.49. The molecule has 3 nitrogen and oxygen atoms in total. The third kappa shape index (κ3) is 3.47. The number of carbonyl (C=O) groups excluding carboxylic acids is 1. The highest BCUT2D eigenvalue weighted by Gasteiger charge is 2.38. The first-order chi connectivity index (χ1) is 14.1. The zero-order valence-corrected chi connectivity index (χ0v) is 17.6. The van der Waals surface area contributed by atoms with Crippen molar-refractivity contribution in [2.45, 2.75) is 32.0 Å². The first kappa shape index (κ1) is 20.5. The summed E-state index contributed by atoms with van der Waals surface area (Å²) in [5.74, 6) is 0.690. The molecule has 0 saturated carbocycles. The second-order valence-corrected chi connectivity index (χ2v) is 8.62. The molecule has 1 fully saturated rings. The standard InChI is InChI=1S/C23H21F3N2OS/c1-4-19-27-22(2,13-20(29)28(19)3)17-11-15-8-9-30-21(15)18(12-17)14-6-5-7-16(10-14)23(24,25)26/h4-12,27H,13H2,1-3H3/b19-4-/t22-/m0/s1. The number of fused-ring (bicyclic) bond motifs is 1. The number of hydrogen-bond acceptors (Lipinski definition) is 3. The van der Waals surface area contributed by atoms with Crippen LogP contribution in [0.3, 0.4) is 0 Å². The molecular formula is C23H21F3N2OS. The minimum atomic E-state index is -4.41. The molecule has 0 bridgehead atoms. The molecular weight excluding hydrogens is 409 g/mol. The van der Waals surface area contributed by atoms with Crippen molar-refractivity contribution in [1.29, 1.82) is 0 Å². The molecule has 3 aromatic rings. The number of carbonyl (C=O) groups is 1. The molecule has 7 heteroatoms. The van der Waals surface area contributed by atoms with Crippen LogP contribution in [-0.2, 0) is 16.5 Å². The van der Waals surface area contributed by atoms with E-state index in [0.29, 0.717) is 11.4 Å². The molecule has 1 aliphatic rings. The second kappa shape index (κ2) is 7.16. The Balaban J connectivity index is 1.88. The van der Waals surface area contributed by atoms with Gasteiger partial charge in [-0.3, -0.25) is 4.79 Å². The molecule has 1 atom stereocenters. The van der Waals surface area contributed by atoms with Gasteiger partial charge in [0.05, 0.1) is 17.5 Å². The molecule has 0 aliphatic carbocycles. The Morgan fingerprint density at radius 2 is 1.97 bits per heavy atom. The van der Waals surface area contributed by atoms with Crippen molar-refractivity contribution in [1.82, 2.24) is 10.2 Å². The molecule has 0 radical (unpaired) electrons. The topological polar surface area (TPSA) is 32.3 Å². The Morgan fingerprint density at radius 3 is 2.67 bits per heavy atom. The van der Waals surface area contributed by atoms with E-state index >= 15 is 0 Å². The summed E-state index contributed by atoms with van der Waals surface area (Å²) in [5, 5.41) is 6.31. The van der Waals surface area contributed by atoms with Crippen molar-refractivity contribution >= 4 is 27.3 Å². The number of alkyl halides is 3. The third-order valence-electron chi connectivity index (χ3n) is 5.61. The van der Waals surface area contributed by atoms with Gasteiger partial charge in [-0.1, -0.05) is 12.1 Å². The van der Waals surface area contributed by atoms with Gasteiger partial charge < -0.3 is 10.2 Å². The third-order valence-corrected chi connectivity index (χ3v) is 6.57. The summed E-state index contributed by atoms with van der Waals surface area (Å²) in [7, 11) is 1.72. The van der Waals surface area contributed by atoms with Crippen molar-refractivity contribution in [3.05, 3.63) is 70.9 Å². The Morgan fingerprint density at radius 1 is 1.20 bits per heavy atom. The monoisotopic (exact) mass is 430 g/mol. The van der Waals surface area contributed by atoms with Crippen LogP contribution in [-0.4, -0.2) is 17.9 Å². The highest BCUT2D eigenvalue weighted by Crippen LogP contribution is 2.41. The van der Waals surface area contributed by atoms with Crippen LogP contribution >= 0.6 is 11.3 Å². The van der Waals surface area contributed by atoms with Gasteiger partial charge in [-0.2, -0.15) is 13.2 Å². The number of halogens is 3. The van der Waals surface area contributed by atoms with Crippen molar-refractivity contribution < 1.29 is 18.0 Å². The number of nitrogens with one attached hydrogen (secondary N) is 1. The first-order valence-corrected chi connectivity index (χ1v) is 10.4. The maximum Gasteiger partial charge on any atom is 0.416 e. The first-order valence-electron chi connectivity index (χ1n) is 9.53. The van der Waals surface area contributed by atoms with Crippen LogP contribution < -0.4 is 5.32 Å². The minimum absolute atomic E-state index is 0.0182. The Labute approximate surface area is 176 Å². The average molecular weight is 430 g/mol. The van der Waals surface area contributed by atoms with Crippen LogP contribution in [0.4, 0.5) is 13.2 Å². The second-order valence-electron chi connectivity index (χ2n) is 7.70. The molecule has 30 heavy (non-hydrogen) atoms. The van der Waals surface area contributed by atoms with Gasteiger partial charge in [0.1, 0.15) is 5.82 Å². The summed E-state index contributed by atoms with van der Waals surface area (Å²) in [6.45, 7) is 3.80. The number of hydrogen-bond donors (Lipinski definition) is 1. The maximum absolute atomic E-state index is 13.3. The number of amides is 1. The number of nitrogens with zero attached hydrogens (tertiary/aromatic N) is 1. The SMILES string of the molecule is C/C=C1/N[C@](C)(c2cc(-c3cccc(C(F)(F)F)c3)c3sccc3c2)CC(=O)N1C. The molecule has 2 aromatic carbocycles. The molecule has 2 heterocycles. The highest BCUT2D eigenvalue weighted by molar-refractivity contribution is 7.17. The van der Waals surface area contributed by atoms with Gasteiger partial charge in [-0.25, -0.2) is 0 Å². The molecule has 4 rings (SSSR count). The van der Waals surface area contributed by atoms with Gasteiger partial charge in [-0.15, -0.1) is 11.3 Å². The fraction of sp³-hybridized carbons (Fsp3) is 0.261. The zero-order valence-electron chi connectivity index (χ0n) is 16.8. The van der Waals surface area contributed by atoms with E-state index in [4.69, 9.17) is 0 Å². The van der Waals surface area contributed by atoms with E-state index in [1.54, 1.807) is 18.0 Å². The van der Waals surface area contributed by atoms with E-state index in [9.17, 15) is 18.0 Å². The predicted octanol–water partition coefficient (Wildman–Crippen LogP) is 6.12. The fourth-order valence-corrected chi connectivity index (χ4v) is 4.80. The van der Waals surface area contributed by atoms with Crippen LogP contribution in [0.5, 0.6) is 0 Å². The Hall–Kier alpha value is -2.80. The quantitative estimate of drug-likeness (QED) is 0.532. The highest BCUT2D eigenvalue weighted by atomic mass is 32.1. The van der Waals surface area contributed by atoms with E-state index in [2.05, 4.69) is 5.32 Å². The van der Waals surface area contributed by atoms with Crippen LogP contribution in [0.1, 0.15) is 31.4 Å². The molecule has 1 amide bonds. The van der Waals surface area contributed by atoms with Crippen molar-refractivity contribution in [3.8, 4) is 11.1 Å². The van der Waals surface area contributed by atoms with Crippen LogP contribution in [0, 0.1) is 0 Å². The van der Waals surface area contributed by atoms with E-state index in [-0.39, 0.29) is 12.3 Å². The summed E-state index contributed by atoms with van der Waals surface area (Å²) in [6.07, 6.45) is -2.32. The van der Waals surface area contributed by atoms with Crippen molar-refractivity contribution in [2.75, 3.05) is 7.05 Å². The van der Waals surface area contributed by atoms with Gasteiger partial charge in [0.15, 0.2) is 0 Å². The van der Waals surface area contributed by atoms with E-state index < -0.39 is 17.3 Å². The predicted molar refractivity (Wildman–Crippen MR) is 114 cm³/mol. The summed E-state index contributed by atoms with van der Waals surface area (Å²) in [6, 6.07) is 11.3. The van der Waals surface area contributed by atoms with Crippen LogP contribution in [0.25, 0.3) is 21.2 Å². The largest absolute Gasteiger partial charge is 0.416 e. The number of allylic oxidation sites excluding steroid dienone is 1. The van der Waals surface area contributed by atoms with Gasteiger partial charge in [0.2, 0.25) is 5.91 Å². The normalized spacial score (nSPS) is 21.3. The van der Waals surface area contributed by atoms with Crippen LogP contribution in [0.15, 0.2) is 59.7 Å². The molecule has 1 aromatic heterocycles. The lowest BCUT2D eigenvalue weighted by Crippen LogP contribution is -2.52. The lowest BCUT2D eigenvalue weighted by Gasteiger charge is -2.41. The van der Waals surface area contributed by atoms with Gasteiger partial charge in [0.25, 0.3) is 0 Å². The van der Waals surface area contributed by atoms with Crippen LogP contribution in [0.2, 0.25) is 0 Å². The summed E-state index contributed by atoms with van der Waals surface area (Å²) in [5.41, 5.74) is 0.762. The van der Waals surface area contributed by atoms with Gasteiger partial charge in [-0.05, 0) is 77.7 Å². The Kier molecular flexibility index (Phi) is 4.89. The fourth-order valence-electron chi connectivity index (χ4n) is 3.88. The molecule has 1 aliphatic heterocycles.